The molecule has 0 radical (unpaired) electrons. The number of aromatic nitrogens is 3. The molecule has 0 unspecified atom stereocenters. The zero-order valence-electron chi connectivity index (χ0n) is 16.1. The van der Waals surface area contributed by atoms with E-state index in [0.717, 1.165) is 45.0 Å². The van der Waals surface area contributed by atoms with E-state index in [4.69, 9.17) is 21.1 Å². The van der Waals surface area contributed by atoms with Crippen LogP contribution in [0.2, 0.25) is 5.02 Å². The summed E-state index contributed by atoms with van der Waals surface area (Å²) in [6, 6.07) is 4.07. The van der Waals surface area contributed by atoms with Gasteiger partial charge >= 0.3 is 0 Å². The molecule has 0 bridgehead atoms. The normalized spacial score (nSPS) is 23.3. The Morgan fingerprint density at radius 2 is 2.07 bits per heavy atom. The molecule has 3 aliphatic heterocycles. The van der Waals surface area contributed by atoms with Crippen LogP contribution >= 0.6 is 11.6 Å². The Labute approximate surface area is 173 Å². The summed E-state index contributed by atoms with van der Waals surface area (Å²) < 4.78 is 11.6. The molecule has 0 amide bonds. The fraction of sp³-hybridized carbons (Fsp3) is 0.550. The summed E-state index contributed by atoms with van der Waals surface area (Å²) in [6.45, 7) is 5.30. The van der Waals surface area contributed by atoms with Crippen molar-refractivity contribution in [3.63, 3.8) is 0 Å². The lowest BCUT2D eigenvalue weighted by Crippen LogP contribution is -2.50. The number of ether oxygens (including phenoxy) is 2. The van der Waals surface area contributed by atoms with Crippen LogP contribution in [0.3, 0.4) is 0 Å². The number of nitrogens with one attached hydrogen (secondary N) is 1. The third-order valence-electron chi connectivity index (χ3n) is 6.27. The van der Waals surface area contributed by atoms with Crippen molar-refractivity contribution in [2.45, 2.75) is 25.4 Å². The maximum atomic E-state index is 11.7. The van der Waals surface area contributed by atoms with Crippen LogP contribution in [0.4, 0.5) is 11.4 Å². The fourth-order valence-corrected chi connectivity index (χ4v) is 4.60. The second-order valence-corrected chi connectivity index (χ2v) is 8.58. The molecular formula is C20H24ClN5O3. The number of halogens is 1. The van der Waals surface area contributed by atoms with E-state index in [1.165, 1.54) is 12.8 Å². The number of anilines is 2. The van der Waals surface area contributed by atoms with E-state index in [0.29, 0.717) is 23.5 Å². The van der Waals surface area contributed by atoms with Crippen LogP contribution < -0.4 is 20.1 Å². The first-order valence-corrected chi connectivity index (χ1v) is 10.4. The smallest absolute Gasteiger partial charge is 0.285 e. The first kappa shape index (κ1) is 18.7. The zero-order valence-corrected chi connectivity index (χ0v) is 16.9. The van der Waals surface area contributed by atoms with Gasteiger partial charge in [0.15, 0.2) is 0 Å². The van der Waals surface area contributed by atoms with Gasteiger partial charge in [0.1, 0.15) is 11.1 Å². The Bertz CT molecular complexity index is 938. The van der Waals surface area contributed by atoms with Crippen molar-refractivity contribution in [1.29, 1.82) is 0 Å². The number of aromatic amines is 1. The number of pyridine rings is 1. The van der Waals surface area contributed by atoms with E-state index in [-0.39, 0.29) is 16.7 Å². The Morgan fingerprint density at radius 3 is 2.83 bits per heavy atom. The summed E-state index contributed by atoms with van der Waals surface area (Å²) in [7, 11) is 0. The van der Waals surface area contributed by atoms with Gasteiger partial charge in [0, 0.05) is 49.4 Å². The Balaban J connectivity index is 1.22. The predicted molar refractivity (Wildman–Crippen MR) is 110 cm³/mol. The Kier molecular flexibility index (Phi) is 4.83. The van der Waals surface area contributed by atoms with Crippen LogP contribution in [-0.2, 0) is 4.74 Å². The number of hydrogen-bond donors (Lipinski definition) is 1. The molecule has 0 saturated carbocycles. The van der Waals surface area contributed by atoms with Crippen LogP contribution in [0.1, 0.15) is 19.3 Å². The molecule has 29 heavy (non-hydrogen) atoms. The van der Waals surface area contributed by atoms with Crippen LogP contribution in [0.5, 0.6) is 5.88 Å². The first-order chi connectivity index (χ1) is 14.1. The maximum absolute atomic E-state index is 11.7. The van der Waals surface area contributed by atoms with Crippen molar-refractivity contribution < 1.29 is 9.47 Å². The van der Waals surface area contributed by atoms with Gasteiger partial charge in [0.05, 0.1) is 31.6 Å². The summed E-state index contributed by atoms with van der Waals surface area (Å²) in [5, 5.41) is 6.37. The first-order valence-electron chi connectivity index (χ1n) is 10.1. The molecule has 9 heteroatoms. The Hall–Kier alpha value is -2.32. The molecule has 2 aromatic rings. The molecule has 5 rings (SSSR count). The van der Waals surface area contributed by atoms with Crippen LogP contribution in [-0.4, -0.2) is 60.7 Å². The monoisotopic (exact) mass is 417 g/mol. The number of H-pyrrole nitrogens is 1. The number of piperidine rings is 1. The van der Waals surface area contributed by atoms with Gasteiger partial charge in [-0.25, -0.2) is 10.1 Å². The van der Waals surface area contributed by atoms with Gasteiger partial charge in [-0.3, -0.25) is 4.79 Å². The van der Waals surface area contributed by atoms with Gasteiger partial charge < -0.3 is 19.3 Å². The van der Waals surface area contributed by atoms with E-state index in [2.05, 4.69) is 20.1 Å². The molecule has 8 nitrogen and oxygen atoms in total. The number of rotatable bonds is 4. The standard InChI is InChI=1S/C20H24ClN5O3/c21-18-16(10-23-24-19(18)27)26-6-2-15(11-26)29-17-9-14(1-5-22-17)25-7-3-20(4-8-25)12-28-13-20/h1,5,9-10,15H,2-4,6-8,11-13H2,(H,24,27)/t15-/m1/s1. The quantitative estimate of drug-likeness (QED) is 0.815. The maximum Gasteiger partial charge on any atom is 0.285 e. The molecule has 1 spiro atoms. The lowest BCUT2D eigenvalue weighted by Gasteiger charge is -2.47. The summed E-state index contributed by atoms with van der Waals surface area (Å²) in [5.41, 5.74) is 1.85. The zero-order chi connectivity index (χ0) is 19.8. The van der Waals surface area contributed by atoms with Gasteiger partial charge in [-0.2, -0.15) is 5.10 Å². The van der Waals surface area contributed by atoms with Crippen LogP contribution in [0, 0.1) is 5.41 Å². The molecule has 0 aliphatic carbocycles. The fourth-order valence-electron chi connectivity index (χ4n) is 4.39. The van der Waals surface area contributed by atoms with Crippen molar-refractivity contribution in [1.82, 2.24) is 15.2 Å². The highest BCUT2D eigenvalue weighted by Crippen LogP contribution is 2.39. The predicted octanol–water partition coefficient (Wildman–Crippen LogP) is 2.09. The van der Waals surface area contributed by atoms with Crippen molar-refractivity contribution in [2.75, 3.05) is 49.2 Å². The molecule has 5 heterocycles. The number of nitrogens with zero attached hydrogens (tertiary/aromatic N) is 4. The molecule has 154 valence electrons. The van der Waals surface area contributed by atoms with Gasteiger partial charge in [0.25, 0.3) is 5.56 Å². The summed E-state index contributed by atoms with van der Waals surface area (Å²) in [6.07, 6.45) is 6.57. The van der Waals surface area contributed by atoms with Crippen LogP contribution in [0.25, 0.3) is 0 Å². The van der Waals surface area contributed by atoms with Crippen molar-refractivity contribution in [3.8, 4) is 5.88 Å². The van der Waals surface area contributed by atoms with E-state index < -0.39 is 0 Å². The SMILES string of the molecule is O=c1[nH]ncc(N2CC[C@@H](Oc3cc(N4CCC5(CC4)COC5)ccn3)C2)c1Cl. The van der Waals surface area contributed by atoms with Crippen molar-refractivity contribution in [2.24, 2.45) is 5.41 Å². The molecule has 0 aromatic carbocycles. The van der Waals surface area contributed by atoms with Crippen LogP contribution in [0.15, 0.2) is 29.3 Å². The molecule has 3 fully saturated rings. The van der Waals surface area contributed by atoms with Crippen molar-refractivity contribution >= 4 is 23.0 Å². The van der Waals surface area contributed by atoms with E-state index in [1.807, 2.05) is 23.2 Å². The molecule has 2 aromatic heterocycles. The lowest BCUT2D eigenvalue weighted by molar-refractivity contribution is -0.124. The summed E-state index contributed by atoms with van der Waals surface area (Å²) in [4.78, 5) is 20.5. The third-order valence-corrected chi connectivity index (χ3v) is 6.64. The van der Waals surface area contributed by atoms with E-state index in [1.54, 1.807) is 6.20 Å². The summed E-state index contributed by atoms with van der Waals surface area (Å²) >= 11 is 6.13. The van der Waals surface area contributed by atoms with E-state index >= 15 is 0 Å². The second kappa shape index (κ2) is 7.50. The van der Waals surface area contributed by atoms with Crippen molar-refractivity contribution in [3.05, 3.63) is 39.9 Å². The minimum absolute atomic E-state index is 0.00939. The minimum atomic E-state index is -0.375. The average molecular weight is 418 g/mol. The lowest BCUT2D eigenvalue weighted by atomic mass is 9.77. The highest BCUT2D eigenvalue weighted by Gasteiger charge is 2.41. The second-order valence-electron chi connectivity index (χ2n) is 8.21. The Morgan fingerprint density at radius 1 is 1.24 bits per heavy atom. The molecule has 3 saturated heterocycles. The minimum Gasteiger partial charge on any atom is -0.472 e. The summed E-state index contributed by atoms with van der Waals surface area (Å²) in [5.74, 6) is 0.636. The van der Waals surface area contributed by atoms with Gasteiger partial charge in [-0.05, 0) is 18.9 Å². The van der Waals surface area contributed by atoms with E-state index in [9.17, 15) is 4.79 Å². The van der Waals surface area contributed by atoms with Gasteiger partial charge in [-0.1, -0.05) is 11.6 Å². The number of hydrogen-bond acceptors (Lipinski definition) is 7. The average Bonchev–Trinajstić information content (AvgIpc) is 3.17. The largest absolute Gasteiger partial charge is 0.472 e. The third kappa shape index (κ3) is 3.67. The topological polar surface area (TPSA) is 83.6 Å². The molecule has 1 N–H and O–H groups in total. The highest BCUT2D eigenvalue weighted by molar-refractivity contribution is 6.33. The van der Waals surface area contributed by atoms with Gasteiger partial charge in [0.2, 0.25) is 5.88 Å². The highest BCUT2D eigenvalue weighted by atomic mass is 35.5. The van der Waals surface area contributed by atoms with Gasteiger partial charge in [-0.15, -0.1) is 0 Å². The molecule has 1 atom stereocenters. The molecule has 3 aliphatic rings. The molecular weight excluding hydrogens is 394 g/mol.